The van der Waals surface area contributed by atoms with Gasteiger partial charge in [-0.1, -0.05) is 46.5 Å². The van der Waals surface area contributed by atoms with Gasteiger partial charge in [-0.05, 0) is 13.3 Å². The molecule has 1 aromatic rings. The molecule has 1 heterocycles. The highest BCUT2D eigenvalue weighted by molar-refractivity contribution is 5.03. The normalized spacial score (nSPS) is 12.0. The number of nitrogens with zero attached hydrogens (tertiary/aromatic N) is 1. The highest BCUT2D eigenvalue weighted by Gasteiger charge is 2.25. The predicted molar refractivity (Wildman–Crippen MR) is 63.0 cm³/mol. The van der Waals surface area contributed by atoms with E-state index < -0.39 is 0 Å². The Hall–Kier alpha value is -0.790. The van der Waals surface area contributed by atoms with Crippen LogP contribution in [-0.4, -0.2) is 4.98 Å². The van der Waals surface area contributed by atoms with Gasteiger partial charge in [-0.15, -0.1) is 0 Å². The molecule has 1 rings (SSSR count). The largest absolute Gasteiger partial charge is 0.448 e. The molecule has 0 atom stereocenters. The summed E-state index contributed by atoms with van der Waals surface area (Å²) in [6.07, 6.45) is 8.11. The first-order chi connectivity index (χ1) is 7.06. The molecule has 0 N–H and O–H groups in total. The second kappa shape index (κ2) is 5.34. The second-order valence-corrected chi connectivity index (χ2v) is 4.99. The van der Waals surface area contributed by atoms with Gasteiger partial charge in [0.2, 0.25) is 0 Å². The van der Waals surface area contributed by atoms with Crippen molar-refractivity contribution in [3.05, 3.63) is 17.8 Å². The molecule has 0 aliphatic rings. The van der Waals surface area contributed by atoms with E-state index in [4.69, 9.17) is 4.42 Å². The summed E-state index contributed by atoms with van der Waals surface area (Å²) in [5, 5.41) is 0. The fraction of sp³-hybridized carbons (Fsp3) is 0.769. The number of hydrogen-bond donors (Lipinski definition) is 0. The van der Waals surface area contributed by atoms with Gasteiger partial charge in [-0.25, -0.2) is 4.98 Å². The van der Waals surface area contributed by atoms with Crippen LogP contribution in [0.2, 0.25) is 0 Å². The van der Waals surface area contributed by atoms with Gasteiger partial charge < -0.3 is 4.42 Å². The molecule has 0 amide bonds. The Morgan fingerprint density at radius 3 is 2.53 bits per heavy atom. The van der Waals surface area contributed by atoms with Crippen molar-refractivity contribution in [2.45, 2.75) is 65.2 Å². The zero-order valence-electron chi connectivity index (χ0n) is 10.5. The van der Waals surface area contributed by atoms with Crippen molar-refractivity contribution in [3.63, 3.8) is 0 Å². The number of hydrogen-bond acceptors (Lipinski definition) is 2. The molecule has 0 saturated heterocycles. The summed E-state index contributed by atoms with van der Waals surface area (Å²) in [7, 11) is 0. The molecule has 0 saturated carbocycles. The third-order valence-corrected chi connectivity index (χ3v) is 2.85. The third-order valence-electron chi connectivity index (χ3n) is 2.85. The van der Waals surface area contributed by atoms with Crippen LogP contribution in [0, 0.1) is 6.92 Å². The molecule has 1 aromatic heterocycles. The summed E-state index contributed by atoms with van der Waals surface area (Å²) in [4.78, 5) is 4.41. The zero-order chi connectivity index (χ0) is 11.3. The van der Waals surface area contributed by atoms with E-state index >= 15 is 0 Å². The lowest BCUT2D eigenvalue weighted by Crippen LogP contribution is -2.17. The van der Waals surface area contributed by atoms with Crippen LogP contribution < -0.4 is 0 Å². The predicted octanol–water partition coefficient (Wildman–Crippen LogP) is 4.23. The maximum Gasteiger partial charge on any atom is 0.199 e. The van der Waals surface area contributed by atoms with E-state index in [2.05, 4.69) is 25.8 Å². The molecule has 86 valence electrons. The monoisotopic (exact) mass is 209 g/mol. The van der Waals surface area contributed by atoms with Crippen LogP contribution in [0.3, 0.4) is 0 Å². The lowest BCUT2D eigenvalue weighted by Gasteiger charge is -2.20. The topological polar surface area (TPSA) is 26.0 Å². The van der Waals surface area contributed by atoms with Crippen LogP contribution in [0.25, 0.3) is 0 Å². The van der Waals surface area contributed by atoms with Crippen molar-refractivity contribution < 1.29 is 4.42 Å². The van der Waals surface area contributed by atoms with Crippen molar-refractivity contribution in [1.29, 1.82) is 0 Å². The second-order valence-electron chi connectivity index (χ2n) is 4.99. The van der Waals surface area contributed by atoms with Gasteiger partial charge in [0.25, 0.3) is 0 Å². The number of rotatable bonds is 6. The van der Waals surface area contributed by atoms with Crippen LogP contribution in [0.5, 0.6) is 0 Å². The van der Waals surface area contributed by atoms with Crippen LogP contribution in [-0.2, 0) is 5.41 Å². The van der Waals surface area contributed by atoms with Crippen LogP contribution >= 0.6 is 0 Å². The van der Waals surface area contributed by atoms with Gasteiger partial charge in [0.05, 0.1) is 5.69 Å². The van der Waals surface area contributed by atoms with E-state index in [1.54, 1.807) is 6.26 Å². The number of aryl methyl sites for hydroxylation is 1. The van der Waals surface area contributed by atoms with Crippen LogP contribution in [0.4, 0.5) is 0 Å². The smallest absolute Gasteiger partial charge is 0.199 e. The van der Waals surface area contributed by atoms with Crippen LogP contribution in [0.1, 0.15) is 64.5 Å². The van der Waals surface area contributed by atoms with E-state index in [-0.39, 0.29) is 5.41 Å². The highest BCUT2D eigenvalue weighted by atomic mass is 16.3. The van der Waals surface area contributed by atoms with Gasteiger partial charge in [0, 0.05) is 5.41 Å². The Morgan fingerprint density at radius 2 is 2.00 bits per heavy atom. The van der Waals surface area contributed by atoms with Crippen molar-refractivity contribution in [2.75, 3.05) is 0 Å². The van der Waals surface area contributed by atoms with Crippen molar-refractivity contribution in [2.24, 2.45) is 0 Å². The lowest BCUT2D eigenvalue weighted by molar-refractivity contribution is 0.338. The first-order valence-electron chi connectivity index (χ1n) is 5.99. The molecule has 0 spiro atoms. The van der Waals surface area contributed by atoms with Gasteiger partial charge in [0.15, 0.2) is 5.89 Å². The minimum Gasteiger partial charge on any atom is -0.448 e. The molecule has 0 aromatic carbocycles. The summed E-state index contributed by atoms with van der Waals surface area (Å²) in [5.74, 6) is 0.886. The average molecular weight is 209 g/mol. The summed E-state index contributed by atoms with van der Waals surface area (Å²) < 4.78 is 5.47. The Labute approximate surface area is 93.1 Å². The van der Waals surface area contributed by atoms with Crippen molar-refractivity contribution >= 4 is 0 Å². The summed E-state index contributed by atoms with van der Waals surface area (Å²) in [6.45, 7) is 8.64. The average Bonchev–Trinajstić information content (AvgIpc) is 2.60. The first kappa shape index (κ1) is 12.3. The van der Waals surface area contributed by atoms with Crippen LogP contribution in [0.15, 0.2) is 10.7 Å². The standard InChI is InChI=1S/C13H23NO/c1-5-6-7-8-9-13(3,4)12-14-11(2)10-15-12/h10H,5-9H2,1-4H3. The Bertz CT molecular complexity index is 288. The third kappa shape index (κ3) is 3.69. The van der Waals surface area contributed by atoms with Gasteiger partial charge in [-0.2, -0.15) is 0 Å². The summed E-state index contributed by atoms with van der Waals surface area (Å²) >= 11 is 0. The summed E-state index contributed by atoms with van der Waals surface area (Å²) in [6, 6.07) is 0. The molecule has 0 aliphatic heterocycles. The number of aromatic nitrogens is 1. The number of oxazole rings is 1. The van der Waals surface area contributed by atoms with Gasteiger partial charge in [0.1, 0.15) is 6.26 Å². The minimum absolute atomic E-state index is 0.0853. The quantitative estimate of drug-likeness (QED) is 0.655. The lowest BCUT2D eigenvalue weighted by atomic mass is 9.86. The summed E-state index contributed by atoms with van der Waals surface area (Å²) in [5.41, 5.74) is 1.06. The molecular weight excluding hydrogens is 186 g/mol. The molecule has 0 radical (unpaired) electrons. The van der Waals surface area contributed by atoms with Gasteiger partial charge >= 0.3 is 0 Å². The Kier molecular flexibility index (Phi) is 4.37. The molecule has 0 aliphatic carbocycles. The Balaban J connectivity index is 2.44. The van der Waals surface area contributed by atoms with Crippen molar-refractivity contribution in [1.82, 2.24) is 4.98 Å². The molecule has 0 fully saturated rings. The Morgan fingerprint density at radius 1 is 1.27 bits per heavy atom. The zero-order valence-corrected chi connectivity index (χ0v) is 10.5. The molecular formula is C13H23NO. The van der Waals surface area contributed by atoms with E-state index in [0.29, 0.717) is 0 Å². The minimum atomic E-state index is 0.0853. The fourth-order valence-electron chi connectivity index (χ4n) is 1.77. The van der Waals surface area contributed by atoms with E-state index in [0.717, 1.165) is 18.0 Å². The van der Waals surface area contributed by atoms with E-state index in [1.807, 2.05) is 6.92 Å². The molecule has 15 heavy (non-hydrogen) atoms. The van der Waals surface area contributed by atoms with E-state index in [9.17, 15) is 0 Å². The maximum atomic E-state index is 5.47. The SMILES string of the molecule is CCCCCCC(C)(C)c1nc(C)co1. The highest BCUT2D eigenvalue weighted by Crippen LogP contribution is 2.28. The fourth-order valence-corrected chi connectivity index (χ4v) is 1.77. The molecule has 0 bridgehead atoms. The maximum absolute atomic E-state index is 5.47. The van der Waals surface area contributed by atoms with Crippen molar-refractivity contribution in [3.8, 4) is 0 Å². The van der Waals surface area contributed by atoms with Gasteiger partial charge in [-0.3, -0.25) is 0 Å². The number of unbranched alkanes of at least 4 members (excludes halogenated alkanes) is 3. The molecule has 0 unspecified atom stereocenters. The molecule has 2 heteroatoms. The molecule has 2 nitrogen and oxygen atoms in total. The first-order valence-corrected chi connectivity index (χ1v) is 5.99. The van der Waals surface area contributed by atoms with E-state index in [1.165, 1.54) is 25.7 Å².